The summed E-state index contributed by atoms with van der Waals surface area (Å²) in [6, 6.07) is -0.139. The van der Waals surface area contributed by atoms with Gasteiger partial charge in [0.2, 0.25) is 0 Å². The maximum atomic E-state index is 12.9. The van der Waals surface area contributed by atoms with Crippen LogP contribution in [0.2, 0.25) is 0 Å². The molecule has 1 aromatic rings. The third-order valence-electron chi connectivity index (χ3n) is 7.05. The Morgan fingerprint density at radius 2 is 1.34 bits per heavy atom. The van der Waals surface area contributed by atoms with Crippen molar-refractivity contribution in [3.63, 3.8) is 0 Å². The van der Waals surface area contributed by atoms with E-state index in [1.54, 1.807) is 0 Å². The first-order valence-electron chi connectivity index (χ1n) is 14.4. The van der Waals surface area contributed by atoms with Crippen molar-refractivity contribution in [2.45, 2.75) is 130 Å². The van der Waals surface area contributed by atoms with Gasteiger partial charge < -0.3 is 10.0 Å². The molecule has 0 saturated heterocycles. The van der Waals surface area contributed by atoms with Crippen molar-refractivity contribution in [3.05, 3.63) is 12.7 Å². The average molecular weight is 493 g/mol. The Hall–Kier alpha value is -1.92. The SMILES string of the molecule is CCCCCCCN(CCCCC(CC(CCCCC)CCCCC)C(=O)O)C(=O)n1cncn1. The molecule has 1 aromatic heterocycles. The number of aromatic nitrogens is 3. The highest BCUT2D eigenvalue weighted by Crippen LogP contribution is 2.27. The molecule has 1 amide bonds. The van der Waals surface area contributed by atoms with E-state index in [2.05, 4.69) is 30.9 Å². The molecule has 0 fully saturated rings. The van der Waals surface area contributed by atoms with Crippen LogP contribution in [-0.2, 0) is 4.79 Å². The van der Waals surface area contributed by atoms with Gasteiger partial charge in [-0.2, -0.15) is 9.78 Å². The zero-order valence-electron chi connectivity index (χ0n) is 22.8. The summed E-state index contributed by atoms with van der Waals surface area (Å²) in [6.45, 7) is 7.98. The zero-order chi connectivity index (χ0) is 25.7. The third-order valence-corrected chi connectivity index (χ3v) is 7.05. The molecule has 202 valence electrons. The minimum Gasteiger partial charge on any atom is -0.481 e. The second-order valence-corrected chi connectivity index (χ2v) is 10.1. The minimum absolute atomic E-state index is 0.139. The Labute approximate surface area is 214 Å². The van der Waals surface area contributed by atoms with Crippen molar-refractivity contribution in [2.75, 3.05) is 13.1 Å². The molecular weight excluding hydrogens is 440 g/mol. The molecule has 1 rings (SSSR count). The van der Waals surface area contributed by atoms with Crippen molar-refractivity contribution in [2.24, 2.45) is 11.8 Å². The van der Waals surface area contributed by atoms with Gasteiger partial charge in [-0.15, -0.1) is 0 Å². The number of carboxylic acids is 1. The van der Waals surface area contributed by atoms with E-state index in [1.807, 2.05) is 4.90 Å². The summed E-state index contributed by atoms with van der Waals surface area (Å²) in [5, 5.41) is 13.9. The lowest BCUT2D eigenvalue weighted by Gasteiger charge is -2.23. The lowest BCUT2D eigenvalue weighted by atomic mass is 9.84. The van der Waals surface area contributed by atoms with E-state index in [0.717, 1.165) is 44.9 Å². The maximum absolute atomic E-state index is 12.9. The van der Waals surface area contributed by atoms with Crippen molar-refractivity contribution in [3.8, 4) is 0 Å². The molecule has 0 aliphatic carbocycles. The highest BCUT2D eigenvalue weighted by molar-refractivity contribution is 5.75. The lowest BCUT2D eigenvalue weighted by Crippen LogP contribution is -2.36. The van der Waals surface area contributed by atoms with E-state index in [-0.39, 0.29) is 11.9 Å². The lowest BCUT2D eigenvalue weighted by molar-refractivity contribution is -0.142. The van der Waals surface area contributed by atoms with E-state index in [1.165, 1.54) is 75.1 Å². The predicted octanol–water partition coefficient (Wildman–Crippen LogP) is 7.56. The summed E-state index contributed by atoms with van der Waals surface area (Å²) >= 11 is 0. The first kappa shape index (κ1) is 31.1. The standard InChI is InChI=1S/C28H52N4O3/c1-4-7-10-11-15-20-31(28(35)32-24-29-23-30-32)21-16-14-19-26(27(33)34)22-25(17-12-8-5-2)18-13-9-6-3/h23-26H,4-22H2,1-3H3,(H,33,34). The van der Waals surface area contributed by atoms with E-state index < -0.39 is 5.97 Å². The van der Waals surface area contributed by atoms with Crippen LogP contribution >= 0.6 is 0 Å². The molecule has 1 unspecified atom stereocenters. The van der Waals surface area contributed by atoms with Crippen molar-refractivity contribution in [1.82, 2.24) is 19.7 Å². The number of carbonyl (C=O) groups is 2. The Morgan fingerprint density at radius 3 is 1.89 bits per heavy atom. The van der Waals surface area contributed by atoms with Gasteiger partial charge in [0.15, 0.2) is 0 Å². The highest BCUT2D eigenvalue weighted by atomic mass is 16.4. The number of aliphatic carboxylic acids is 1. The fraction of sp³-hybridized carbons (Fsp3) is 0.857. The average Bonchev–Trinajstić information content (AvgIpc) is 3.39. The second-order valence-electron chi connectivity index (χ2n) is 10.1. The van der Waals surface area contributed by atoms with E-state index in [9.17, 15) is 14.7 Å². The van der Waals surface area contributed by atoms with Gasteiger partial charge in [-0.05, 0) is 31.6 Å². The molecule has 0 aliphatic heterocycles. The Bertz CT molecular complexity index is 641. The normalized spacial score (nSPS) is 12.2. The number of carboxylic acid groups (broad SMARTS) is 1. The largest absolute Gasteiger partial charge is 0.481 e. The molecule has 1 heterocycles. The third kappa shape index (κ3) is 14.3. The van der Waals surface area contributed by atoms with Crippen LogP contribution < -0.4 is 0 Å². The van der Waals surface area contributed by atoms with Crippen LogP contribution in [0.25, 0.3) is 0 Å². The summed E-state index contributed by atoms with van der Waals surface area (Å²) < 4.78 is 1.29. The van der Waals surface area contributed by atoms with Crippen LogP contribution in [0.5, 0.6) is 0 Å². The number of unbranched alkanes of at least 4 members (excludes halogenated alkanes) is 9. The minimum atomic E-state index is -0.660. The van der Waals surface area contributed by atoms with Gasteiger partial charge in [-0.3, -0.25) is 4.79 Å². The van der Waals surface area contributed by atoms with Crippen LogP contribution in [0.15, 0.2) is 12.7 Å². The Balaban J connectivity index is 2.57. The summed E-state index contributed by atoms with van der Waals surface area (Å²) in [7, 11) is 0. The summed E-state index contributed by atoms with van der Waals surface area (Å²) in [6.07, 6.45) is 21.3. The van der Waals surface area contributed by atoms with Gasteiger partial charge in [0.05, 0.1) is 5.92 Å². The van der Waals surface area contributed by atoms with Gasteiger partial charge in [0.1, 0.15) is 12.7 Å². The molecule has 0 aliphatic rings. The molecule has 0 bridgehead atoms. The van der Waals surface area contributed by atoms with Crippen LogP contribution in [0.4, 0.5) is 4.79 Å². The van der Waals surface area contributed by atoms with Gasteiger partial charge in [-0.1, -0.05) is 104 Å². The molecule has 1 atom stereocenters. The number of rotatable bonds is 22. The zero-order valence-corrected chi connectivity index (χ0v) is 22.8. The molecule has 1 N–H and O–H groups in total. The second kappa shape index (κ2) is 20.3. The number of hydrogen-bond donors (Lipinski definition) is 1. The highest BCUT2D eigenvalue weighted by Gasteiger charge is 2.23. The molecule has 7 heteroatoms. The molecule has 0 radical (unpaired) electrons. The van der Waals surface area contributed by atoms with E-state index >= 15 is 0 Å². The van der Waals surface area contributed by atoms with Crippen molar-refractivity contribution < 1.29 is 14.7 Å². The van der Waals surface area contributed by atoms with Gasteiger partial charge in [-0.25, -0.2) is 9.78 Å². The van der Waals surface area contributed by atoms with Crippen molar-refractivity contribution >= 4 is 12.0 Å². The van der Waals surface area contributed by atoms with Gasteiger partial charge in [0.25, 0.3) is 0 Å². The van der Waals surface area contributed by atoms with Crippen molar-refractivity contribution in [1.29, 1.82) is 0 Å². The molecule has 0 aromatic carbocycles. The number of nitrogens with zero attached hydrogens (tertiary/aromatic N) is 4. The van der Waals surface area contributed by atoms with Crippen LogP contribution in [0.3, 0.4) is 0 Å². The fourth-order valence-electron chi connectivity index (χ4n) is 4.85. The molecular formula is C28H52N4O3. The van der Waals surface area contributed by atoms with Crippen LogP contribution in [-0.4, -0.2) is 49.9 Å². The monoisotopic (exact) mass is 492 g/mol. The smallest absolute Gasteiger partial charge is 0.346 e. The van der Waals surface area contributed by atoms with Gasteiger partial charge in [0, 0.05) is 13.1 Å². The number of amides is 1. The topological polar surface area (TPSA) is 88.3 Å². The number of hydrogen-bond acceptors (Lipinski definition) is 4. The Morgan fingerprint density at radius 1 is 0.800 bits per heavy atom. The summed E-state index contributed by atoms with van der Waals surface area (Å²) in [5.74, 6) is -0.424. The molecule has 35 heavy (non-hydrogen) atoms. The fourth-order valence-corrected chi connectivity index (χ4v) is 4.85. The summed E-state index contributed by atoms with van der Waals surface area (Å²) in [5.41, 5.74) is 0. The first-order valence-corrected chi connectivity index (χ1v) is 14.4. The van der Waals surface area contributed by atoms with E-state index in [4.69, 9.17) is 0 Å². The first-order chi connectivity index (χ1) is 17.0. The molecule has 0 spiro atoms. The van der Waals surface area contributed by atoms with E-state index in [0.29, 0.717) is 25.4 Å². The Kier molecular flexibility index (Phi) is 18.0. The maximum Gasteiger partial charge on any atom is 0.346 e. The van der Waals surface area contributed by atoms with Crippen LogP contribution in [0.1, 0.15) is 130 Å². The predicted molar refractivity (Wildman–Crippen MR) is 143 cm³/mol. The summed E-state index contributed by atoms with van der Waals surface area (Å²) in [4.78, 5) is 30.6. The van der Waals surface area contributed by atoms with Gasteiger partial charge >= 0.3 is 12.0 Å². The van der Waals surface area contributed by atoms with Crippen LogP contribution in [0, 0.1) is 11.8 Å². The number of carbonyl (C=O) groups excluding carboxylic acids is 1. The molecule has 0 saturated carbocycles. The quantitative estimate of drug-likeness (QED) is 0.169. The molecule has 7 nitrogen and oxygen atoms in total.